The molecule has 0 aliphatic carbocycles. The van der Waals surface area contributed by atoms with Gasteiger partial charge in [-0.25, -0.2) is 17.5 Å². The molecule has 1 fully saturated rings. The maximum absolute atomic E-state index is 13.2. The molecule has 1 atom stereocenters. The lowest BCUT2D eigenvalue weighted by Gasteiger charge is -2.21. The van der Waals surface area contributed by atoms with Crippen LogP contribution < -0.4 is 4.72 Å². The van der Waals surface area contributed by atoms with Crippen LogP contribution in [-0.2, 0) is 10.0 Å². The van der Waals surface area contributed by atoms with Crippen LogP contribution in [0.4, 0.5) is 4.39 Å². The molecule has 1 aliphatic heterocycles. The number of nitrogens with zero attached hydrogens (tertiary/aromatic N) is 1. The summed E-state index contributed by atoms with van der Waals surface area (Å²) >= 11 is 3.56. The van der Waals surface area contributed by atoms with Gasteiger partial charge in [-0.3, -0.25) is 0 Å². The number of rotatable bonds is 4. The maximum Gasteiger partial charge on any atom is 0.240 e. The molecular weight excluding hydrogens is 319 g/mol. The van der Waals surface area contributed by atoms with Crippen molar-refractivity contribution in [3.05, 3.63) is 29.6 Å². The van der Waals surface area contributed by atoms with E-state index in [0.717, 1.165) is 29.4 Å². The van der Waals surface area contributed by atoms with Crippen LogP contribution in [-0.4, -0.2) is 37.5 Å². The Morgan fingerprint density at radius 2 is 2.25 bits per heavy atom. The van der Waals surface area contributed by atoms with Crippen LogP contribution in [0.5, 0.6) is 0 Å². The van der Waals surface area contributed by atoms with Crippen molar-refractivity contribution < 1.29 is 12.8 Å². The highest BCUT2D eigenvalue weighted by molar-refractivity contribution is 8.06. The van der Waals surface area contributed by atoms with Gasteiger partial charge in [-0.15, -0.1) is 0 Å². The van der Waals surface area contributed by atoms with E-state index in [1.807, 2.05) is 11.8 Å². The minimum atomic E-state index is -3.70. The molecule has 1 N–H and O–H groups in total. The fraction of sp³-hybridized carbons (Fsp3) is 0.417. The second-order valence-electron chi connectivity index (χ2n) is 4.17. The fourth-order valence-corrected chi connectivity index (χ4v) is 5.52. The number of nitriles is 1. The number of hydrogen-bond donors (Lipinski definition) is 1. The lowest BCUT2D eigenvalue weighted by atomic mass is 10.2. The van der Waals surface area contributed by atoms with Gasteiger partial charge in [0.25, 0.3) is 0 Å². The second-order valence-corrected chi connectivity index (χ2v) is 8.50. The molecule has 1 saturated heterocycles. The van der Waals surface area contributed by atoms with E-state index in [1.54, 1.807) is 17.8 Å². The molecular formula is C12H13FN2O2S3. The molecule has 0 bridgehead atoms. The zero-order chi connectivity index (χ0) is 14.6. The molecule has 2 rings (SSSR count). The van der Waals surface area contributed by atoms with E-state index in [-0.39, 0.29) is 15.7 Å². The van der Waals surface area contributed by atoms with Gasteiger partial charge in [0, 0.05) is 29.1 Å². The zero-order valence-electron chi connectivity index (χ0n) is 10.5. The number of sulfonamides is 1. The number of thioether (sulfide) groups is 2. The first-order chi connectivity index (χ1) is 9.53. The third kappa shape index (κ3) is 3.88. The minimum Gasteiger partial charge on any atom is -0.210 e. The molecule has 1 aromatic carbocycles. The highest BCUT2D eigenvalue weighted by atomic mass is 32.2. The van der Waals surface area contributed by atoms with E-state index in [0.29, 0.717) is 6.54 Å². The Kier molecular flexibility index (Phi) is 5.32. The summed E-state index contributed by atoms with van der Waals surface area (Å²) in [7, 11) is -3.70. The summed E-state index contributed by atoms with van der Waals surface area (Å²) < 4.78 is 39.9. The van der Waals surface area contributed by atoms with Crippen LogP contribution in [0.3, 0.4) is 0 Å². The van der Waals surface area contributed by atoms with Crippen LogP contribution >= 0.6 is 23.5 Å². The van der Waals surface area contributed by atoms with Crippen molar-refractivity contribution in [3.8, 4) is 6.07 Å². The fourth-order valence-electron chi connectivity index (χ4n) is 1.70. The normalized spacial score (nSPS) is 19.5. The van der Waals surface area contributed by atoms with Gasteiger partial charge in [-0.2, -0.15) is 28.8 Å². The summed E-state index contributed by atoms with van der Waals surface area (Å²) in [5.74, 6) is 2.31. The molecule has 8 heteroatoms. The molecule has 4 nitrogen and oxygen atoms in total. The Balaban J connectivity index is 2.08. The highest BCUT2D eigenvalue weighted by Crippen LogP contribution is 2.24. The average Bonchev–Trinajstić information content (AvgIpc) is 2.46. The van der Waals surface area contributed by atoms with Gasteiger partial charge in [0.05, 0.1) is 10.5 Å². The van der Waals surface area contributed by atoms with E-state index in [9.17, 15) is 12.8 Å². The maximum atomic E-state index is 13.2. The Hall–Kier alpha value is -0.750. The van der Waals surface area contributed by atoms with Crippen LogP contribution in [0.2, 0.25) is 0 Å². The minimum absolute atomic E-state index is 0.0797. The molecule has 1 heterocycles. The van der Waals surface area contributed by atoms with Gasteiger partial charge < -0.3 is 0 Å². The molecule has 108 valence electrons. The van der Waals surface area contributed by atoms with E-state index in [2.05, 4.69) is 4.72 Å². The second kappa shape index (κ2) is 6.80. The Morgan fingerprint density at radius 3 is 2.90 bits per heavy atom. The van der Waals surface area contributed by atoms with Crippen LogP contribution in [0.1, 0.15) is 5.56 Å². The quantitative estimate of drug-likeness (QED) is 0.911. The van der Waals surface area contributed by atoms with Crippen LogP contribution in [0.15, 0.2) is 23.1 Å². The number of benzene rings is 1. The molecule has 1 aliphatic rings. The molecule has 20 heavy (non-hydrogen) atoms. The predicted octanol–water partition coefficient (Wildman–Crippen LogP) is 1.82. The number of nitrogens with one attached hydrogen (secondary N) is 1. The third-order valence-electron chi connectivity index (χ3n) is 2.75. The largest absolute Gasteiger partial charge is 0.240 e. The number of halogens is 1. The SMILES string of the molecule is N#Cc1cc(S(=O)(=O)NCC2CSCCS2)ccc1F. The summed E-state index contributed by atoms with van der Waals surface area (Å²) in [6.07, 6.45) is 0. The van der Waals surface area contributed by atoms with Crippen molar-refractivity contribution in [1.82, 2.24) is 4.72 Å². The van der Waals surface area contributed by atoms with Crippen molar-refractivity contribution in [2.45, 2.75) is 10.1 Å². The Labute approximate surface area is 126 Å². The first-order valence-electron chi connectivity index (χ1n) is 5.91. The van der Waals surface area contributed by atoms with Crippen molar-refractivity contribution in [1.29, 1.82) is 5.26 Å². The molecule has 0 aromatic heterocycles. The van der Waals surface area contributed by atoms with Crippen LogP contribution in [0.25, 0.3) is 0 Å². The Morgan fingerprint density at radius 1 is 1.45 bits per heavy atom. The molecule has 0 amide bonds. The van der Waals surface area contributed by atoms with Crippen molar-refractivity contribution in [3.63, 3.8) is 0 Å². The van der Waals surface area contributed by atoms with E-state index < -0.39 is 15.8 Å². The molecule has 1 unspecified atom stereocenters. The number of hydrogen-bond acceptors (Lipinski definition) is 5. The van der Waals surface area contributed by atoms with Gasteiger partial charge >= 0.3 is 0 Å². The third-order valence-corrected chi connectivity index (χ3v) is 7.02. The van der Waals surface area contributed by atoms with Gasteiger partial charge in [0.2, 0.25) is 10.0 Å². The van der Waals surface area contributed by atoms with Gasteiger partial charge in [-0.1, -0.05) is 0 Å². The topological polar surface area (TPSA) is 70.0 Å². The highest BCUT2D eigenvalue weighted by Gasteiger charge is 2.20. The van der Waals surface area contributed by atoms with E-state index in [1.165, 1.54) is 6.07 Å². The first-order valence-corrected chi connectivity index (χ1v) is 9.60. The van der Waals surface area contributed by atoms with E-state index in [4.69, 9.17) is 5.26 Å². The van der Waals surface area contributed by atoms with E-state index >= 15 is 0 Å². The van der Waals surface area contributed by atoms with Crippen molar-refractivity contribution in [2.75, 3.05) is 23.8 Å². The summed E-state index contributed by atoms with van der Waals surface area (Å²) in [4.78, 5) is -0.0797. The molecule has 0 spiro atoms. The summed E-state index contributed by atoms with van der Waals surface area (Å²) in [6, 6.07) is 4.86. The zero-order valence-corrected chi connectivity index (χ0v) is 13.0. The lowest BCUT2D eigenvalue weighted by molar-refractivity contribution is 0.580. The summed E-state index contributed by atoms with van der Waals surface area (Å²) in [5.41, 5.74) is -0.268. The van der Waals surface area contributed by atoms with Gasteiger partial charge in [-0.05, 0) is 18.2 Å². The van der Waals surface area contributed by atoms with Crippen LogP contribution in [0, 0.1) is 17.1 Å². The Bertz CT molecular complexity index is 622. The standard InChI is InChI=1S/C12H13FN2O2S3/c13-12-2-1-11(5-9(12)6-14)20(16,17)15-7-10-8-18-3-4-19-10/h1-2,5,10,15H,3-4,7-8H2. The van der Waals surface area contributed by atoms with Gasteiger partial charge in [0.15, 0.2) is 0 Å². The summed E-state index contributed by atoms with van der Waals surface area (Å²) in [5, 5.41) is 8.98. The van der Waals surface area contributed by atoms with Crippen molar-refractivity contribution >= 4 is 33.5 Å². The molecule has 1 aromatic rings. The smallest absolute Gasteiger partial charge is 0.210 e. The lowest BCUT2D eigenvalue weighted by Crippen LogP contribution is -2.33. The first kappa shape index (κ1) is 15.6. The van der Waals surface area contributed by atoms with Crippen molar-refractivity contribution in [2.24, 2.45) is 0 Å². The monoisotopic (exact) mass is 332 g/mol. The molecule has 0 saturated carbocycles. The van der Waals surface area contributed by atoms with Gasteiger partial charge in [0.1, 0.15) is 11.9 Å². The average molecular weight is 332 g/mol. The summed E-state index contributed by atoms with van der Waals surface area (Å²) in [6.45, 7) is 0.346. The predicted molar refractivity (Wildman–Crippen MR) is 79.9 cm³/mol. The molecule has 0 radical (unpaired) electrons.